The number of ether oxygens (including phenoxy) is 1. The third-order valence-electron chi connectivity index (χ3n) is 2.82. The molecule has 0 heterocycles. The Hall–Kier alpha value is -1.78. The van der Waals surface area contributed by atoms with Crippen molar-refractivity contribution in [3.05, 3.63) is 29.6 Å². The summed E-state index contributed by atoms with van der Waals surface area (Å²) in [4.78, 5) is 0. The number of rotatable bonds is 5. The average Bonchev–Trinajstić information content (AvgIpc) is 3.14. The molecule has 0 spiro atoms. The predicted octanol–water partition coefficient (Wildman–Crippen LogP) is 2.10. The molecule has 0 bridgehead atoms. The second kappa shape index (κ2) is 5.03. The summed E-state index contributed by atoms with van der Waals surface area (Å²) in [7, 11) is 0. The topological polar surface area (TPSA) is 67.8 Å². The van der Waals surface area contributed by atoms with Crippen LogP contribution in [0.4, 0.5) is 4.39 Å². The Morgan fingerprint density at radius 2 is 2.29 bits per heavy atom. The Labute approximate surface area is 98.9 Å². The number of oxime groups is 1. The molecular formula is C12H15FN2O2. The molecule has 0 amide bonds. The molecule has 1 fully saturated rings. The van der Waals surface area contributed by atoms with Crippen molar-refractivity contribution < 1.29 is 14.3 Å². The summed E-state index contributed by atoms with van der Waals surface area (Å²) in [6.07, 6.45) is 3.49. The largest absolute Gasteiger partial charge is 0.491 e. The van der Waals surface area contributed by atoms with Crippen LogP contribution in [0.25, 0.3) is 0 Å². The normalized spacial score (nSPS) is 15.9. The highest BCUT2D eigenvalue weighted by Gasteiger charge is 2.20. The lowest BCUT2D eigenvalue weighted by atomic mass is 10.2. The molecule has 92 valence electrons. The van der Waals surface area contributed by atoms with Gasteiger partial charge in [0.25, 0.3) is 0 Å². The summed E-state index contributed by atoms with van der Waals surface area (Å²) in [6, 6.07) is 4.25. The van der Waals surface area contributed by atoms with Crippen molar-refractivity contribution in [2.24, 2.45) is 16.8 Å². The van der Waals surface area contributed by atoms with Gasteiger partial charge in [-0.05, 0) is 30.5 Å². The van der Waals surface area contributed by atoms with E-state index in [1.165, 1.54) is 25.0 Å². The lowest BCUT2D eigenvalue weighted by Gasteiger charge is -2.07. The monoisotopic (exact) mass is 238 g/mol. The molecule has 1 aromatic rings. The molecular weight excluding hydrogens is 223 g/mol. The van der Waals surface area contributed by atoms with E-state index in [9.17, 15) is 4.39 Å². The highest BCUT2D eigenvalue weighted by atomic mass is 19.1. The highest BCUT2D eigenvalue weighted by Crippen LogP contribution is 2.32. The minimum absolute atomic E-state index is 0.117. The van der Waals surface area contributed by atoms with Crippen molar-refractivity contribution in [2.75, 3.05) is 6.61 Å². The van der Waals surface area contributed by atoms with Gasteiger partial charge in [0.2, 0.25) is 0 Å². The third-order valence-corrected chi connectivity index (χ3v) is 2.82. The van der Waals surface area contributed by atoms with E-state index in [2.05, 4.69) is 5.16 Å². The molecule has 1 saturated carbocycles. The molecule has 0 radical (unpaired) electrons. The Morgan fingerprint density at radius 3 is 2.88 bits per heavy atom. The zero-order valence-electron chi connectivity index (χ0n) is 9.40. The standard InChI is InChI=1S/C12H15FN2O2/c13-10-7-9(12(14)15-16)3-4-11(10)17-6-5-8-1-2-8/h3-4,7-8,16H,1-2,5-6H2,(H2,14,15). The number of benzene rings is 1. The van der Waals surface area contributed by atoms with Crippen molar-refractivity contribution in [2.45, 2.75) is 19.3 Å². The smallest absolute Gasteiger partial charge is 0.170 e. The van der Waals surface area contributed by atoms with E-state index < -0.39 is 5.82 Å². The van der Waals surface area contributed by atoms with Gasteiger partial charge in [0.05, 0.1) is 6.61 Å². The third kappa shape index (κ3) is 3.09. The predicted molar refractivity (Wildman–Crippen MR) is 61.7 cm³/mol. The van der Waals surface area contributed by atoms with Crippen LogP contribution < -0.4 is 10.5 Å². The van der Waals surface area contributed by atoms with Gasteiger partial charge >= 0.3 is 0 Å². The fourth-order valence-electron chi connectivity index (χ4n) is 1.58. The summed E-state index contributed by atoms with van der Waals surface area (Å²) >= 11 is 0. The molecule has 0 aliphatic heterocycles. The number of amidine groups is 1. The lowest BCUT2D eigenvalue weighted by Crippen LogP contribution is -2.13. The first kappa shape index (κ1) is 11.7. The maximum Gasteiger partial charge on any atom is 0.170 e. The quantitative estimate of drug-likeness (QED) is 0.357. The van der Waals surface area contributed by atoms with Gasteiger partial charge in [-0.15, -0.1) is 0 Å². The second-order valence-corrected chi connectivity index (χ2v) is 4.21. The van der Waals surface area contributed by atoms with Crippen molar-refractivity contribution in [1.29, 1.82) is 0 Å². The van der Waals surface area contributed by atoms with E-state index >= 15 is 0 Å². The lowest BCUT2D eigenvalue weighted by molar-refractivity contribution is 0.288. The Kier molecular flexibility index (Phi) is 3.46. The van der Waals surface area contributed by atoms with Crippen LogP contribution in [-0.4, -0.2) is 17.6 Å². The first-order chi connectivity index (χ1) is 8.20. The molecule has 1 aliphatic carbocycles. The van der Waals surface area contributed by atoms with Gasteiger partial charge in [-0.3, -0.25) is 0 Å². The number of nitrogens with zero attached hydrogens (tertiary/aromatic N) is 1. The number of hydrogen-bond donors (Lipinski definition) is 2. The summed E-state index contributed by atoms with van der Waals surface area (Å²) in [6.45, 7) is 0.532. The summed E-state index contributed by atoms with van der Waals surface area (Å²) in [5.74, 6) is 0.355. The molecule has 0 saturated heterocycles. The number of nitrogens with two attached hydrogens (primary N) is 1. The van der Waals surface area contributed by atoms with Crippen LogP contribution >= 0.6 is 0 Å². The minimum Gasteiger partial charge on any atom is -0.491 e. The second-order valence-electron chi connectivity index (χ2n) is 4.21. The fraction of sp³-hybridized carbons (Fsp3) is 0.417. The molecule has 4 nitrogen and oxygen atoms in total. The van der Waals surface area contributed by atoms with Crippen LogP contribution in [0.15, 0.2) is 23.4 Å². The summed E-state index contributed by atoms with van der Waals surface area (Å²) < 4.78 is 18.9. The van der Waals surface area contributed by atoms with Gasteiger partial charge < -0.3 is 15.7 Å². The minimum atomic E-state index is -0.495. The van der Waals surface area contributed by atoms with Crippen LogP contribution in [0.2, 0.25) is 0 Å². The molecule has 3 N–H and O–H groups in total. The van der Waals surface area contributed by atoms with Crippen molar-refractivity contribution >= 4 is 5.84 Å². The van der Waals surface area contributed by atoms with Gasteiger partial charge in [-0.1, -0.05) is 18.0 Å². The van der Waals surface area contributed by atoms with Crippen LogP contribution in [0.3, 0.4) is 0 Å². The molecule has 1 aromatic carbocycles. The van der Waals surface area contributed by atoms with Crippen molar-refractivity contribution in [1.82, 2.24) is 0 Å². The zero-order chi connectivity index (χ0) is 12.3. The number of hydrogen-bond acceptors (Lipinski definition) is 3. The number of halogens is 1. The van der Waals surface area contributed by atoms with Crippen molar-refractivity contribution in [3.63, 3.8) is 0 Å². The molecule has 0 aromatic heterocycles. The van der Waals surface area contributed by atoms with E-state index in [0.29, 0.717) is 12.2 Å². The maximum absolute atomic E-state index is 13.6. The van der Waals surface area contributed by atoms with Crippen LogP contribution in [0, 0.1) is 11.7 Å². The van der Waals surface area contributed by atoms with Crippen LogP contribution in [0.5, 0.6) is 5.75 Å². The molecule has 17 heavy (non-hydrogen) atoms. The van der Waals surface area contributed by atoms with E-state index in [1.807, 2.05) is 0 Å². The maximum atomic E-state index is 13.6. The van der Waals surface area contributed by atoms with Gasteiger partial charge in [-0.2, -0.15) is 0 Å². The SMILES string of the molecule is N/C(=N/O)c1ccc(OCCC2CC2)c(F)c1. The van der Waals surface area contributed by atoms with E-state index in [1.54, 1.807) is 6.07 Å². The van der Waals surface area contributed by atoms with Gasteiger partial charge in [-0.25, -0.2) is 4.39 Å². The average molecular weight is 238 g/mol. The first-order valence-electron chi connectivity index (χ1n) is 5.61. The molecule has 0 unspecified atom stereocenters. The van der Waals surface area contributed by atoms with E-state index in [4.69, 9.17) is 15.7 Å². The van der Waals surface area contributed by atoms with Gasteiger partial charge in [0.15, 0.2) is 17.4 Å². The molecule has 2 rings (SSSR count). The van der Waals surface area contributed by atoms with E-state index in [-0.39, 0.29) is 11.6 Å². The zero-order valence-corrected chi connectivity index (χ0v) is 9.40. The first-order valence-corrected chi connectivity index (χ1v) is 5.61. The Bertz CT molecular complexity index is 431. The molecule has 0 atom stereocenters. The fourth-order valence-corrected chi connectivity index (χ4v) is 1.58. The highest BCUT2D eigenvalue weighted by molar-refractivity contribution is 5.97. The summed E-state index contributed by atoms with van der Waals surface area (Å²) in [5, 5.41) is 11.3. The Morgan fingerprint density at radius 1 is 1.53 bits per heavy atom. The van der Waals surface area contributed by atoms with Crippen LogP contribution in [0.1, 0.15) is 24.8 Å². The Balaban J connectivity index is 1.97. The summed E-state index contributed by atoms with van der Waals surface area (Å²) in [5.41, 5.74) is 5.69. The van der Waals surface area contributed by atoms with Crippen molar-refractivity contribution in [3.8, 4) is 5.75 Å². The van der Waals surface area contributed by atoms with Crippen LogP contribution in [-0.2, 0) is 0 Å². The molecule has 5 heteroatoms. The van der Waals surface area contributed by atoms with Gasteiger partial charge in [0.1, 0.15) is 0 Å². The van der Waals surface area contributed by atoms with E-state index in [0.717, 1.165) is 12.3 Å². The van der Waals surface area contributed by atoms with Gasteiger partial charge in [0, 0.05) is 5.56 Å². The molecule has 1 aliphatic rings.